The van der Waals surface area contributed by atoms with E-state index in [4.69, 9.17) is 0 Å². The molecule has 2 aromatic rings. The maximum atomic E-state index is 13.0. The highest BCUT2D eigenvalue weighted by molar-refractivity contribution is 6.39. The van der Waals surface area contributed by atoms with E-state index in [2.05, 4.69) is 10.6 Å². The molecule has 3 N–H and O–H groups in total. The molecule has 0 heterocycles. The average molecular weight is 316 g/mol. The minimum Gasteiger partial charge on any atom is -0.394 e. The first-order chi connectivity index (χ1) is 11.0. The van der Waals surface area contributed by atoms with Gasteiger partial charge in [-0.2, -0.15) is 0 Å². The normalized spacial score (nSPS) is 11.6. The molecule has 0 bridgehead atoms. The third-order valence-electron chi connectivity index (χ3n) is 3.33. The van der Waals surface area contributed by atoms with Crippen LogP contribution in [0.3, 0.4) is 0 Å². The minimum atomic E-state index is -0.880. The zero-order valence-electron chi connectivity index (χ0n) is 12.5. The minimum absolute atomic E-state index is 0.335. The van der Waals surface area contributed by atoms with Gasteiger partial charge in [-0.05, 0) is 36.2 Å². The van der Waals surface area contributed by atoms with Crippen molar-refractivity contribution < 1.29 is 19.1 Å². The zero-order chi connectivity index (χ0) is 16.8. The van der Waals surface area contributed by atoms with Gasteiger partial charge in [0, 0.05) is 5.69 Å². The van der Waals surface area contributed by atoms with E-state index < -0.39 is 23.7 Å². The van der Waals surface area contributed by atoms with E-state index in [0.717, 1.165) is 0 Å². The molecule has 0 radical (unpaired) electrons. The van der Waals surface area contributed by atoms with E-state index >= 15 is 0 Å². The molecule has 6 heteroatoms. The van der Waals surface area contributed by atoms with Gasteiger partial charge in [0.1, 0.15) is 5.82 Å². The Morgan fingerprint density at radius 3 is 2.43 bits per heavy atom. The Kier molecular flexibility index (Phi) is 5.43. The predicted molar refractivity (Wildman–Crippen MR) is 84.2 cm³/mol. The summed E-state index contributed by atoms with van der Waals surface area (Å²) in [5, 5.41) is 14.3. The van der Waals surface area contributed by atoms with Crippen LogP contribution >= 0.6 is 0 Å². The van der Waals surface area contributed by atoms with Crippen molar-refractivity contribution in [3.05, 3.63) is 65.5 Å². The summed E-state index contributed by atoms with van der Waals surface area (Å²) >= 11 is 0. The van der Waals surface area contributed by atoms with Gasteiger partial charge in [-0.1, -0.05) is 30.3 Å². The molecule has 2 amide bonds. The summed E-state index contributed by atoms with van der Waals surface area (Å²) in [4.78, 5) is 23.9. The Balaban J connectivity index is 2.03. The second kappa shape index (κ2) is 7.51. The smallest absolute Gasteiger partial charge is 0.313 e. The Bertz CT molecular complexity index is 704. The maximum Gasteiger partial charge on any atom is 0.313 e. The molecular formula is C17H17FN2O3. The van der Waals surface area contributed by atoms with Gasteiger partial charge < -0.3 is 15.7 Å². The van der Waals surface area contributed by atoms with Gasteiger partial charge in [0.2, 0.25) is 0 Å². The van der Waals surface area contributed by atoms with Crippen LogP contribution in [0.2, 0.25) is 0 Å². The number of hydrogen-bond acceptors (Lipinski definition) is 3. The topological polar surface area (TPSA) is 78.4 Å². The van der Waals surface area contributed by atoms with E-state index in [1.54, 1.807) is 31.2 Å². The van der Waals surface area contributed by atoms with E-state index in [9.17, 15) is 19.1 Å². The van der Waals surface area contributed by atoms with Crippen molar-refractivity contribution in [2.75, 3.05) is 11.9 Å². The molecule has 0 aliphatic carbocycles. The SMILES string of the molecule is Cc1cc(F)ccc1NC(=O)C(=O)N[C@H](CO)c1ccccc1. The fourth-order valence-electron chi connectivity index (χ4n) is 2.09. The number of aliphatic hydroxyl groups excluding tert-OH is 1. The largest absolute Gasteiger partial charge is 0.394 e. The van der Waals surface area contributed by atoms with Crippen LogP contribution in [-0.4, -0.2) is 23.5 Å². The molecular weight excluding hydrogens is 299 g/mol. The lowest BCUT2D eigenvalue weighted by atomic mass is 10.1. The van der Waals surface area contributed by atoms with E-state index in [-0.39, 0.29) is 6.61 Å². The van der Waals surface area contributed by atoms with Crippen LogP contribution in [0.25, 0.3) is 0 Å². The number of hydrogen-bond donors (Lipinski definition) is 3. The number of carbonyl (C=O) groups is 2. The van der Waals surface area contributed by atoms with Crippen LogP contribution in [-0.2, 0) is 9.59 Å². The number of aryl methyl sites for hydroxylation is 1. The molecule has 0 fully saturated rings. The fraction of sp³-hybridized carbons (Fsp3) is 0.176. The molecule has 0 aliphatic heterocycles. The fourth-order valence-corrected chi connectivity index (χ4v) is 2.09. The van der Waals surface area contributed by atoms with Gasteiger partial charge >= 0.3 is 11.8 Å². The quantitative estimate of drug-likeness (QED) is 0.754. The first-order valence-corrected chi connectivity index (χ1v) is 7.05. The van der Waals surface area contributed by atoms with Crippen molar-refractivity contribution in [3.8, 4) is 0 Å². The van der Waals surface area contributed by atoms with Crippen molar-refractivity contribution in [2.24, 2.45) is 0 Å². The maximum absolute atomic E-state index is 13.0. The first kappa shape index (κ1) is 16.6. The molecule has 0 saturated carbocycles. The van der Waals surface area contributed by atoms with Gasteiger partial charge in [-0.25, -0.2) is 4.39 Å². The summed E-state index contributed by atoms with van der Waals surface area (Å²) < 4.78 is 13.0. The van der Waals surface area contributed by atoms with Crippen LogP contribution in [0.5, 0.6) is 0 Å². The van der Waals surface area contributed by atoms with Crippen LogP contribution < -0.4 is 10.6 Å². The number of halogens is 1. The highest BCUT2D eigenvalue weighted by Gasteiger charge is 2.20. The Labute approximate surface area is 133 Å². The molecule has 2 rings (SSSR count). The molecule has 0 unspecified atom stereocenters. The standard InChI is InChI=1S/C17H17FN2O3/c1-11-9-13(18)7-8-14(11)19-16(22)17(23)20-15(10-21)12-5-3-2-4-6-12/h2-9,15,21H,10H2,1H3,(H,19,22)(H,20,23)/t15-/m1/s1. The Morgan fingerprint density at radius 2 is 1.83 bits per heavy atom. The van der Waals surface area contributed by atoms with Crippen molar-refractivity contribution in [2.45, 2.75) is 13.0 Å². The third kappa shape index (κ3) is 4.37. The second-order valence-electron chi connectivity index (χ2n) is 5.03. The summed E-state index contributed by atoms with van der Waals surface area (Å²) in [6.07, 6.45) is 0. The van der Waals surface area contributed by atoms with Crippen molar-refractivity contribution in [1.29, 1.82) is 0 Å². The van der Waals surface area contributed by atoms with Gasteiger partial charge in [-0.15, -0.1) is 0 Å². The highest BCUT2D eigenvalue weighted by atomic mass is 19.1. The number of benzene rings is 2. The monoisotopic (exact) mass is 316 g/mol. The molecule has 0 aromatic heterocycles. The molecule has 120 valence electrons. The molecule has 0 aliphatic rings. The number of amides is 2. The number of rotatable bonds is 4. The summed E-state index contributed by atoms with van der Waals surface area (Å²) in [5.74, 6) is -2.18. The van der Waals surface area contributed by atoms with Gasteiger partial charge in [0.05, 0.1) is 12.6 Å². The number of anilines is 1. The Morgan fingerprint density at radius 1 is 1.13 bits per heavy atom. The molecule has 0 saturated heterocycles. The molecule has 0 spiro atoms. The van der Waals surface area contributed by atoms with Crippen molar-refractivity contribution >= 4 is 17.5 Å². The number of carbonyl (C=O) groups excluding carboxylic acids is 2. The lowest BCUT2D eigenvalue weighted by Crippen LogP contribution is -2.39. The predicted octanol–water partition coefficient (Wildman–Crippen LogP) is 1.92. The summed E-state index contributed by atoms with van der Waals surface area (Å²) in [7, 11) is 0. The summed E-state index contributed by atoms with van der Waals surface area (Å²) in [6.45, 7) is 1.29. The van der Waals surface area contributed by atoms with Gasteiger partial charge in [0.15, 0.2) is 0 Å². The lowest BCUT2D eigenvalue weighted by molar-refractivity contribution is -0.136. The number of nitrogens with one attached hydrogen (secondary N) is 2. The van der Waals surface area contributed by atoms with E-state index in [0.29, 0.717) is 16.8 Å². The van der Waals surface area contributed by atoms with Crippen LogP contribution in [0, 0.1) is 12.7 Å². The van der Waals surface area contributed by atoms with Gasteiger partial charge in [0.25, 0.3) is 0 Å². The van der Waals surface area contributed by atoms with E-state index in [1.807, 2.05) is 6.07 Å². The Hall–Kier alpha value is -2.73. The number of aliphatic hydroxyl groups is 1. The zero-order valence-corrected chi connectivity index (χ0v) is 12.5. The van der Waals surface area contributed by atoms with Crippen LogP contribution in [0.1, 0.15) is 17.2 Å². The second-order valence-corrected chi connectivity index (χ2v) is 5.03. The van der Waals surface area contributed by atoms with Crippen molar-refractivity contribution in [3.63, 3.8) is 0 Å². The molecule has 23 heavy (non-hydrogen) atoms. The summed E-state index contributed by atoms with van der Waals surface area (Å²) in [5.41, 5.74) is 1.55. The lowest BCUT2D eigenvalue weighted by Gasteiger charge is -2.16. The first-order valence-electron chi connectivity index (χ1n) is 7.05. The van der Waals surface area contributed by atoms with Gasteiger partial charge in [-0.3, -0.25) is 9.59 Å². The molecule has 2 aromatic carbocycles. The average Bonchev–Trinajstić information content (AvgIpc) is 2.55. The van der Waals surface area contributed by atoms with Crippen LogP contribution in [0.4, 0.5) is 10.1 Å². The van der Waals surface area contributed by atoms with Crippen LogP contribution in [0.15, 0.2) is 48.5 Å². The molecule has 5 nitrogen and oxygen atoms in total. The third-order valence-corrected chi connectivity index (χ3v) is 3.33. The molecule has 1 atom stereocenters. The van der Waals surface area contributed by atoms with E-state index in [1.165, 1.54) is 18.2 Å². The highest BCUT2D eigenvalue weighted by Crippen LogP contribution is 2.16. The summed E-state index contributed by atoms with van der Waals surface area (Å²) in [6, 6.07) is 12.0. The van der Waals surface area contributed by atoms with Crippen molar-refractivity contribution in [1.82, 2.24) is 5.32 Å².